The molecular weight excluding hydrogens is 380 g/mol. The van der Waals surface area contributed by atoms with Gasteiger partial charge in [0, 0.05) is 31.4 Å². The molecule has 154 valence electrons. The molecule has 0 spiro atoms. The average molecular weight is 404 g/mol. The van der Waals surface area contributed by atoms with Gasteiger partial charge in [-0.15, -0.1) is 0 Å². The van der Waals surface area contributed by atoms with E-state index < -0.39 is 0 Å². The highest BCUT2D eigenvalue weighted by molar-refractivity contribution is 6.08. The zero-order valence-corrected chi connectivity index (χ0v) is 16.9. The molecular formula is C22H24N6O2. The quantitative estimate of drug-likeness (QED) is 0.635. The SMILES string of the molecule is Cn1cc(-c2ccc3ncc4c(c3n2)C(C2CCNCC2)CCC(=O)NC4=O)cn1. The van der Waals surface area contributed by atoms with Crippen LogP contribution in [0.15, 0.2) is 30.7 Å². The lowest BCUT2D eigenvalue weighted by molar-refractivity contribution is -0.120. The van der Waals surface area contributed by atoms with Crippen molar-refractivity contribution in [3.63, 3.8) is 0 Å². The number of hydrogen-bond donors (Lipinski definition) is 2. The number of imide groups is 1. The third-order valence-corrected chi connectivity index (χ3v) is 6.26. The zero-order valence-electron chi connectivity index (χ0n) is 16.9. The van der Waals surface area contributed by atoms with Crippen molar-refractivity contribution in [1.82, 2.24) is 30.4 Å². The number of rotatable bonds is 2. The van der Waals surface area contributed by atoms with E-state index in [1.165, 1.54) is 0 Å². The molecule has 2 amide bonds. The van der Waals surface area contributed by atoms with Crippen LogP contribution in [-0.2, 0) is 11.8 Å². The van der Waals surface area contributed by atoms with Crippen molar-refractivity contribution in [2.45, 2.75) is 31.6 Å². The molecule has 2 aliphatic rings. The molecule has 2 N–H and O–H groups in total. The lowest BCUT2D eigenvalue weighted by Crippen LogP contribution is -2.37. The number of nitrogens with zero attached hydrogens (tertiary/aromatic N) is 4. The molecule has 0 bridgehead atoms. The molecule has 5 rings (SSSR count). The third kappa shape index (κ3) is 3.37. The largest absolute Gasteiger partial charge is 0.317 e. The lowest BCUT2D eigenvalue weighted by atomic mass is 9.75. The number of amides is 2. The van der Waals surface area contributed by atoms with Gasteiger partial charge in [0.25, 0.3) is 5.91 Å². The van der Waals surface area contributed by atoms with E-state index >= 15 is 0 Å². The summed E-state index contributed by atoms with van der Waals surface area (Å²) in [6, 6.07) is 3.89. The number of carbonyl (C=O) groups is 2. The number of carbonyl (C=O) groups excluding carboxylic acids is 2. The molecule has 1 fully saturated rings. The van der Waals surface area contributed by atoms with Gasteiger partial charge in [0.1, 0.15) is 0 Å². The number of hydrogen-bond acceptors (Lipinski definition) is 6. The van der Waals surface area contributed by atoms with Crippen LogP contribution >= 0.6 is 0 Å². The van der Waals surface area contributed by atoms with Crippen LogP contribution < -0.4 is 10.6 Å². The molecule has 0 aromatic carbocycles. The van der Waals surface area contributed by atoms with E-state index in [9.17, 15) is 9.59 Å². The number of piperidine rings is 1. The third-order valence-electron chi connectivity index (χ3n) is 6.26. The highest BCUT2D eigenvalue weighted by atomic mass is 16.2. The Kier molecular flexibility index (Phi) is 4.78. The average Bonchev–Trinajstić information content (AvgIpc) is 3.19. The molecule has 3 aromatic rings. The van der Waals surface area contributed by atoms with Gasteiger partial charge >= 0.3 is 0 Å². The van der Waals surface area contributed by atoms with Crippen LogP contribution in [0.3, 0.4) is 0 Å². The fraction of sp³-hybridized carbons (Fsp3) is 0.409. The smallest absolute Gasteiger partial charge is 0.259 e. The Hall–Kier alpha value is -3.13. The summed E-state index contributed by atoms with van der Waals surface area (Å²) in [4.78, 5) is 34.5. The van der Waals surface area contributed by atoms with Crippen molar-refractivity contribution in [2.75, 3.05) is 13.1 Å². The first-order valence-corrected chi connectivity index (χ1v) is 10.4. The van der Waals surface area contributed by atoms with E-state index in [1.807, 2.05) is 25.4 Å². The number of aryl methyl sites for hydroxylation is 1. The van der Waals surface area contributed by atoms with Gasteiger partial charge in [-0.1, -0.05) is 0 Å². The molecule has 1 saturated heterocycles. The molecule has 5 heterocycles. The minimum atomic E-state index is -0.378. The second-order valence-electron chi connectivity index (χ2n) is 8.16. The second-order valence-corrected chi connectivity index (χ2v) is 8.16. The molecule has 8 heteroatoms. The van der Waals surface area contributed by atoms with Crippen molar-refractivity contribution in [1.29, 1.82) is 0 Å². The Labute approximate surface area is 174 Å². The maximum Gasteiger partial charge on any atom is 0.259 e. The fourth-order valence-electron chi connectivity index (χ4n) is 4.76. The van der Waals surface area contributed by atoms with E-state index in [0.717, 1.165) is 53.8 Å². The van der Waals surface area contributed by atoms with E-state index in [4.69, 9.17) is 4.98 Å². The highest BCUT2D eigenvalue weighted by Crippen LogP contribution is 2.40. The van der Waals surface area contributed by atoms with Crippen molar-refractivity contribution in [3.8, 4) is 11.3 Å². The lowest BCUT2D eigenvalue weighted by Gasteiger charge is -2.33. The summed E-state index contributed by atoms with van der Waals surface area (Å²) in [6.45, 7) is 1.90. The standard InChI is InChI=1S/C22H24N6O2/c1-28-12-14(10-25-28)17-3-4-18-21(26-17)20-15(13-6-8-23-9-7-13)2-5-19(29)27-22(30)16(20)11-24-18/h3-4,10-13,15,23H,2,5-9H2,1H3,(H,27,29,30). The first-order valence-electron chi connectivity index (χ1n) is 10.4. The first kappa shape index (κ1) is 18.9. The molecule has 8 nitrogen and oxygen atoms in total. The Bertz CT molecular complexity index is 1130. The van der Waals surface area contributed by atoms with Gasteiger partial charge in [-0.2, -0.15) is 5.10 Å². The van der Waals surface area contributed by atoms with Crippen LogP contribution in [0.5, 0.6) is 0 Å². The minimum absolute atomic E-state index is 0.0965. The van der Waals surface area contributed by atoms with Crippen molar-refractivity contribution >= 4 is 22.8 Å². The van der Waals surface area contributed by atoms with Crippen LogP contribution in [0.25, 0.3) is 22.3 Å². The monoisotopic (exact) mass is 404 g/mol. The van der Waals surface area contributed by atoms with Crippen LogP contribution in [0.2, 0.25) is 0 Å². The number of aromatic nitrogens is 4. The summed E-state index contributed by atoms with van der Waals surface area (Å²) >= 11 is 0. The topological polar surface area (TPSA) is 102 Å². The molecule has 30 heavy (non-hydrogen) atoms. The predicted octanol–water partition coefficient (Wildman–Crippen LogP) is 2.16. The fourth-order valence-corrected chi connectivity index (χ4v) is 4.76. The van der Waals surface area contributed by atoms with Crippen molar-refractivity contribution in [3.05, 3.63) is 41.9 Å². The van der Waals surface area contributed by atoms with Crippen LogP contribution in [-0.4, -0.2) is 44.7 Å². The normalized spacial score (nSPS) is 20.5. The van der Waals surface area contributed by atoms with Gasteiger partial charge in [0.2, 0.25) is 5.91 Å². The molecule has 0 saturated carbocycles. The number of fused-ring (bicyclic) bond motifs is 3. The molecule has 1 unspecified atom stereocenters. The first-order chi connectivity index (χ1) is 14.6. The highest BCUT2D eigenvalue weighted by Gasteiger charge is 2.33. The number of nitrogens with one attached hydrogen (secondary N) is 2. The summed E-state index contributed by atoms with van der Waals surface area (Å²) in [5.74, 6) is -0.101. The molecule has 1 atom stereocenters. The summed E-state index contributed by atoms with van der Waals surface area (Å²) in [6.07, 6.45) is 8.39. The molecule has 2 aliphatic heterocycles. The Morgan fingerprint density at radius 2 is 1.93 bits per heavy atom. The maximum absolute atomic E-state index is 12.9. The van der Waals surface area contributed by atoms with Gasteiger partial charge in [-0.25, -0.2) is 4.98 Å². The summed E-state index contributed by atoms with van der Waals surface area (Å²) < 4.78 is 1.74. The van der Waals surface area contributed by atoms with Crippen LogP contribution in [0, 0.1) is 5.92 Å². The van der Waals surface area contributed by atoms with Gasteiger partial charge < -0.3 is 5.32 Å². The Balaban J connectivity index is 1.72. The number of pyridine rings is 2. The van der Waals surface area contributed by atoms with E-state index in [2.05, 4.69) is 20.7 Å². The Morgan fingerprint density at radius 1 is 1.10 bits per heavy atom. The Morgan fingerprint density at radius 3 is 2.70 bits per heavy atom. The second kappa shape index (κ2) is 7.60. The maximum atomic E-state index is 12.9. The zero-order chi connectivity index (χ0) is 20.7. The molecule has 0 aliphatic carbocycles. The summed E-state index contributed by atoms with van der Waals surface area (Å²) in [5, 5.41) is 10.2. The van der Waals surface area contributed by atoms with Gasteiger partial charge in [0.15, 0.2) is 0 Å². The van der Waals surface area contributed by atoms with E-state index in [-0.39, 0.29) is 17.7 Å². The van der Waals surface area contributed by atoms with Crippen molar-refractivity contribution in [2.24, 2.45) is 13.0 Å². The van der Waals surface area contributed by atoms with Crippen LogP contribution in [0.1, 0.15) is 47.5 Å². The minimum Gasteiger partial charge on any atom is -0.317 e. The van der Waals surface area contributed by atoms with Gasteiger partial charge in [0.05, 0.1) is 28.5 Å². The predicted molar refractivity (Wildman–Crippen MR) is 112 cm³/mol. The van der Waals surface area contributed by atoms with E-state index in [1.54, 1.807) is 17.1 Å². The van der Waals surface area contributed by atoms with E-state index in [0.29, 0.717) is 24.3 Å². The van der Waals surface area contributed by atoms with Crippen molar-refractivity contribution < 1.29 is 9.59 Å². The van der Waals surface area contributed by atoms with Gasteiger partial charge in [-0.3, -0.25) is 24.6 Å². The molecule has 0 radical (unpaired) electrons. The molecule has 3 aromatic heterocycles. The summed E-state index contributed by atoms with van der Waals surface area (Å²) in [7, 11) is 1.87. The summed E-state index contributed by atoms with van der Waals surface area (Å²) in [5.41, 5.74) is 4.63. The van der Waals surface area contributed by atoms with Crippen LogP contribution in [0.4, 0.5) is 0 Å². The van der Waals surface area contributed by atoms with Gasteiger partial charge in [-0.05, 0) is 61.9 Å².